The molecule has 2 heterocycles. The number of nitrogens with two attached hydrogens (primary N) is 1. The quantitative estimate of drug-likeness (QED) is 0.781. The fraction of sp³-hybridized carbons (Fsp3) is 0.0833. The lowest BCUT2D eigenvalue weighted by Gasteiger charge is -2.04. The van der Waals surface area contributed by atoms with E-state index in [9.17, 15) is 4.39 Å². The molecule has 3 aromatic rings. The zero-order valence-corrected chi connectivity index (χ0v) is 10.8. The third kappa shape index (κ3) is 1.85. The van der Waals surface area contributed by atoms with Crippen molar-refractivity contribution in [2.75, 3.05) is 5.73 Å². The number of imidazole rings is 1. The van der Waals surface area contributed by atoms with E-state index < -0.39 is 5.82 Å². The summed E-state index contributed by atoms with van der Waals surface area (Å²) in [6.45, 7) is 0.584. The SMILES string of the molecule is Nc1nc2cc(Cl)c(F)cc2n1Cc1cccs1. The third-order valence-electron chi connectivity index (χ3n) is 2.71. The van der Waals surface area contributed by atoms with Gasteiger partial charge in [0.05, 0.1) is 22.6 Å². The summed E-state index contributed by atoms with van der Waals surface area (Å²) in [5.41, 5.74) is 7.12. The third-order valence-corrected chi connectivity index (χ3v) is 3.86. The Hall–Kier alpha value is -1.59. The van der Waals surface area contributed by atoms with Gasteiger partial charge in [0.2, 0.25) is 5.95 Å². The Morgan fingerprint density at radius 2 is 2.28 bits per heavy atom. The average molecular weight is 282 g/mol. The van der Waals surface area contributed by atoms with Crippen LogP contribution in [0.2, 0.25) is 5.02 Å². The first-order valence-electron chi connectivity index (χ1n) is 5.28. The van der Waals surface area contributed by atoms with Gasteiger partial charge in [0, 0.05) is 10.9 Å². The highest BCUT2D eigenvalue weighted by molar-refractivity contribution is 7.09. The molecule has 0 amide bonds. The van der Waals surface area contributed by atoms with Crippen LogP contribution in [0.4, 0.5) is 10.3 Å². The molecular formula is C12H9ClFN3S. The second kappa shape index (κ2) is 4.26. The van der Waals surface area contributed by atoms with Crippen molar-refractivity contribution < 1.29 is 4.39 Å². The molecule has 3 rings (SSSR count). The fourth-order valence-corrected chi connectivity index (χ4v) is 2.71. The molecule has 1 aromatic carbocycles. The summed E-state index contributed by atoms with van der Waals surface area (Å²) < 4.78 is 15.3. The van der Waals surface area contributed by atoms with Crippen molar-refractivity contribution in [3.8, 4) is 0 Å². The van der Waals surface area contributed by atoms with Crippen LogP contribution in [0, 0.1) is 5.82 Å². The summed E-state index contributed by atoms with van der Waals surface area (Å²) in [5.74, 6) is -0.100. The number of hydrogen-bond acceptors (Lipinski definition) is 3. The molecule has 0 saturated heterocycles. The number of nitrogen functional groups attached to an aromatic ring is 1. The smallest absolute Gasteiger partial charge is 0.201 e. The van der Waals surface area contributed by atoms with Crippen molar-refractivity contribution in [3.05, 3.63) is 45.4 Å². The number of halogens is 2. The molecule has 0 aliphatic carbocycles. The van der Waals surface area contributed by atoms with E-state index in [-0.39, 0.29) is 5.02 Å². The van der Waals surface area contributed by atoms with Crippen LogP contribution in [0.15, 0.2) is 29.6 Å². The molecule has 0 spiro atoms. The normalized spacial score (nSPS) is 11.2. The van der Waals surface area contributed by atoms with Crippen molar-refractivity contribution >= 4 is 39.9 Å². The van der Waals surface area contributed by atoms with Gasteiger partial charge >= 0.3 is 0 Å². The summed E-state index contributed by atoms with van der Waals surface area (Å²) in [6, 6.07) is 6.83. The van der Waals surface area contributed by atoms with E-state index in [4.69, 9.17) is 17.3 Å². The second-order valence-electron chi connectivity index (χ2n) is 3.89. The molecule has 0 radical (unpaired) electrons. The standard InChI is InChI=1S/C12H9ClFN3S/c13-8-4-10-11(5-9(8)14)17(12(15)16-10)6-7-2-1-3-18-7/h1-5H,6H2,(H2,15,16). The van der Waals surface area contributed by atoms with Gasteiger partial charge in [-0.2, -0.15) is 0 Å². The average Bonchev–Trinajstić information content (AvgIpc) is 2.92. The highest BCUT2D eigenvalue weighted by Gasteiger charge is 2.12. The van der Waals surface area contributed by atoms with Gasteiger partial charge in [-0.1, -0.05) is 17.7 Å². The lowest BCUT2D eigenvalue weighted by atomic mass is 10.3. The van der Waals surface area contributed by atoms with E-state index in [0.29, 0.717) is 23.5 Å². The molecule has 3 nitrogen and oxygen atoms in total. The van der Waals surface area contributed by atoms with Crippen LogP contribution in [-0.2, 0) is 6.54 Å². The molecule has 0 aliphatic rings. The predicted molar refractivity (Wildman–Crippen MR) is 72.5 cm³/mol. The van der Waals surface area contributed by atoms with Crippen LogP contribution >= 0.6 is 22.9 Å². The molecule has 0 saturated carbocycles. The van der Waals surface area contributed by atoms with E-state index in [1.54, 1.807) is 15.9 Å². The summed E-state index contributed by atoms with van der Waals surface area (Å²) >= 11 is 7.35. The summed E-state index contributed by atoms with van der Waals surface area (Å²) in [7, 11) is 0. The van der Waals surface area contributed by atoms with E-state index in [1.165, 1.54) is 12.1 Å². The largest absolute Gasteiger partial charge is 0.369 e. The maximum atomic E-state index is 13.5. The summed E-state index contributed by atoms with van der Waals surface area (Å²) in [5, 5.41) is 2.05. The maximum absolute atomic E-state index is 13.5. The first-order valence-corrected chi connectivity index (χ1v) is 6.54. The predicted octanol–water partition coefficient (Wildman–Crippen LogP) is 3.52. The minimum atomic E-state index is -0.462. The number of fused-ring (bicyclic) bond motifs is 1. The van der Waals surface area contributed by atoms with Gasteiger partial charge < -0.3 is 10.3 Å². The van der Waals surface area contributed by atoms with Crippen molar-refractivity contribution in [1.82, 2.24) is 9.55 Å². The number of rotatable bonds is 2. The van der Waals surface area contributed by atoms with Gasteiger partial charge in [-0.15, -0.1) is 11.3 Å². The fourth-order valence-electron chi connectivity index (χ4n) is 1.86. The van der Waals surface area contributed by atoms with Crippen LogP contribution < -0.4 is 5.73 Å². The van der Waals surface area contributed by atoms with E-state index in [0.717, 1.165) is 4.88 Å². The van der Waals surface area contributed by atoms with Crippen LogP contribution in [0.25, 0.3) is 11.0 Å². The van der Waals surface area contributed by atoms with Crippen molar-refractivity contribution in [2.24, 2.45) is 0 Å². The van der Waals surface area contributed by atoms with E-state index in [1.807, 2.05) is 17.5 Å². The van der Waals surface area contributed by atoms with Gasteiger partial charge in [0.1, 0.15) is 5.82 Å². The summed E-state index contributed by atoms with van der Waals surface area (Å²) in [6.07, 6.45) is 0. The number of hydrogen-bond donors (Lipinski definition) is 1. The topological polar surface area (TPSA) is 43.8 Å². The van der Waals surface area contributed by atoms with Gasteiger partial charge in [-0.25, -0.2) is 9.37 Å². The lowest BCUT2D eigenvalue weighted by molar-refractivity contribution is 0.629. The molecule has 0 bridgehead atoms. The number of nitrogens with zero attached hydrogens (tertiary/aromatic N) is 2. The Morgan fingerprint density at radius 1 is 1.44 bits per heavy atom. The molecule has 2 N–H and O–H groups in total. The molecule has 18 heavy (non-hydrogen) atoms. The summed E-state index contributed by atoms with van der Waals surface area (Å²) in [4.78, 5) is 5.33. The van der Waals surface area contributed by atoms with Gasteiger partial charge in [0.25, 0.3) is 0 Å². The molecule has 92 valence electrons. The number of anilines is 1. The van der Waals surface area contributed by atoms with Crippen molar-refractivity contribution in [1.29, 1.82) is 0 Å². The zero-order valence-electron chi connectivity index (χ0n) is 9.23. The maximum Gasteiger partial charge on any atom is 0.201 e. The molecular weight excluding hydrogens is 273 g/mol. The molecule has 0 aliphatic heterocycles. The monoisotopic (exact) mass is 281 g/mol. The Morgan fingerprint density at radius 3 is 3.00 bits per heavy atom. The van der Waals surface area contributed by atoms with E-state index in [2.05, 4.69) is 4.98 Å². The minimum absolute atomic E-state index is 0.0586. The Balaban J connectivity index is 2.16. The number of thiophene rings is 1. The lowest BCUT2D eigenvalue weighted by Crippen LogP contribution is -2.03. The second-order valence-corrected chi connectivity index (χ2v) is 5.33. The Labute approximate surface area is 112 Å². The Kier molecular flexibility index (Phi) is 2.72. The van der Waals surface area contributed by atoms with Gasteiger partial charge in [-0.3, -0.25) is 0 Å². The van der Waals surface area contributed by atoms with Crippen LogP contribution in [0.1, 0.15) is 4.88 Å². The van der Waals surface area contributed by atoms with Gasteiger partial charge in [-0.05, 0) is 17.5 Å². The van der Waals surface area contributed by atoms with Crippen LogP contribution in [0.5, 0.6) is 0 Å². The van der Waals surface area contributed by atoms with Gasteiger partial charge in [0.15, 0.2) is 0 Å². The number of benzene rings is 1. The minimum Gasteiger partial charge on any atom is -0.369 e. The first-order chi connectivity index (χ1) is 8.65. The molecule has 0 unspecified atom stereocenters. The highest BCUT2D eigenvalue weighted by atomic mass is 35.5. The molecule has 0 fully saturated rings. The van der Waals surface area contributed by atoms with Crippen LogP contribution in [0.3, 0.4) is 0 Å². The van der Waals surface area contributed by atoms with Crippen molar-refractivity contribution in [3.63, 3.8) is 0 Å². The molecule has 0 atom stereocenters. The highest BCUT2D eigenvalue weighted by Crippen LogP contribution is 2.26. The zero-order chi connectivity index (χ0) is 12.7. The molecule has 6 heteroatoms. The van der Waals surface area contributed by atoms with Crippen LogP contribution in [-0.4, -0.2) is 9.55 Å². The number of aromatic nitrogens is 2. The van der Waals surface area contributed by atoms with E-state index >= 15 is 0 Å². The van der Waals surface area contributed by atoms with Crippen molar-refractivity contribution in [2.45, 2.75) is 6.54 Å². The molecule has 2 aromatic heterocycles. The Bertz CT molecular complexity index is 706. The first kappa shape index (κ1) is 11.5.